The Morgan fingerprint density at radius 1 is 1.38 bits per heavy atom. The van der Waals surface area contributed by atoms with Crippen LogP contribution in [0.5, 0.6) is 0 Å². The molecule has 1 aromatic carbocycles. The highest BCUT2D eigenvalue weighted by Crippen LogP contribution is 2.24. The van der Waals surface area contributed by atoms with Gasteiger partial charge in [0.15, 0.2) is 0 Å². The fraction of sp³-hybridized carbons (Fsp3) is 0.231. The molecule has 2 aromatic rings. The second kappa shape index (κ2) is 5.00. The third-order valence-electron chi connectivity index (χ3n) is 2.58. The number of halogens is 1. The van der Waals surface area contributed by atoms with Crippen LogP contribution >= 0.6 is 22.9 Å². The SMILES string of the molecule is Cc1cc(C(N)Cc2ccccc2Cl)cs1. The molecule has 1 unspecified atom stereocenters. The van der Waals surface area contributed by atoms with Crippen molar-refractivity contribution in [2.75, 3.05) is 0 Å². The van der Waals surface area contributed by atoms with E-state index in [1.54, 1.807) is 11.3 Å². The Labute approximate surface area is 105 Å². The largest absolute Gasteiger partial charge is 0.324 e. The minimum atomic E-state index is 0.0323. The maximum atomic E-state index is 6.16. The Hall–Kier alpha value is -0.830. The summed E-state index contributed by atoms with van der Waals surface area (Å²) in [6.45, 7) is 2.09. The van der Waals surface area contributed by atoms with Crippen LogP contribution in [0.25, 0.3) is 0 Å². The number of benzene rings is 1. The molecular weight excluding hydrogens is 238 g/mol. The lowest BCUT2D eigenvalue weighted by Gasteiger charge is -2.11. The van der Waals surface area contributed by atoms with Crippen molar-refractivity contribution in [2.45, 2.75) is 19.4 Å². The van der Waals surface area contributed by atoms with E-state index in [-0.39, 0.29) is 6.04 Å². The lowest BCUT2D eigenvalue weighted by atomic mass is 10.0. The fourth-order valence-electron chi connectivity index (χ4n) is 1.68. The Kier molecular flexibility index (Phi) is 3.64. The molecule has 0 saturated heterocycles. The fourth-order valence-corrected chi connectivity index (χ4v) is 2.66. The topological polar surface area (TPSA) is 26.0 Å². The van der Waals surface area contributed by atoms with Crippen LogP contribution in [0.2, 0.25) is 5.02 Å². The van der Waals surface area contributed by atoms with Crippen molar-refractivity contribution >= 4 is 22.9 Å². The van der Waals surface area contributed by atoms with Crippen LogP contribution in [-0.4, -0.2) is 0 Å². The van der Waals surface area contributed by atoms with E-state index < -0.39 is 0 Å². The molecular formula is C13H14ClNS. The highest BCUT2D eigenvalue weighted by Gasteiger charge is 2.10. The number of aryl methyl sites for hydroxylation is 1. The van der Waals surface area contributed by atoms with Crippen molar-refractivity contribution in [1.29, 1.82) is 0 Å². The predicted molar refractivity (Wildman–Crippen MR) is 71.1 cm³/mol. The van der Waals surface area contributed by atoms with Gasteiger partial charge in [0.25, 0.3) is 0 Å². The molecule has 2 N–H and O–H groups in total. The molecule has 0 amide bonds. The predicted octanol–water partition coefficient (Wildman–Crippen LogP) is 3.95. The van der Waals surface area contributed by atoms with Crippen molar-refractivity contribution in [3.05, 3.63) is 56.7 Å². The van der Waals surface area contributed by atoms with Gasteiger partial charge in [0, 0.05) is 15.9 Å². The summed E-state index contributed by atoms with van der Waals surface area (Å²) >= 11 is 7.84. The zero-order valence-electron chi connectivity index (χ0n) is 9.11. The van der Waals surface area contributed by atoms with Gasteiger partial charge in [0.2, 0.25) is 0 Å². The van der Waals surface area contributed by atoms with Crippen LogP contribution in [0.15, 0.2) is 35.7 Å². The average Bonchev–Trinajstić information content (AvgIpc) is 2.68. The van der Waals surface area contributed by atoms with E-state index in [2.05, 4.69) is 18.4 Å². The van der Waals surface area contributed by atoms with Crippen molar-refractivity contribution in [3.63, 3.8) is 0 Å². The smallest absolute Gasteiger partial charge is 0.0438 e. The van der Waals surface area contributed by atoms with Crippen LogP contribution in [0.3, 0.4) is 0 Å². The van der Waals surface area contributed by atoms with Crippen LogP contribution in [0, 0.1) is 6.92 Å². The molecule has 3 heteroatoms. The molecule has 84 valence electrons. The third-order valence-corrected chi connectivity index (χ3v) is 3.83. The first-order valence-corrected chi connectivity index (χ1v) is 6.46. The summed E-state index contributed by atoms with van der Waals surface area (Å²) in [5.41, 5.74) is 8.47. The van der Waals surface area contributed by atoms with E-state index in [1.807, 2.05) is 24.3 Å². The number of hydrogen-bond acceptors (Lipinski definition) is 2. The van der Waals surface area contributed by atoms with Gasteiger partial charge in [0.05, 0.1) is 0 Å². The van der Waals surface area contributed by atoms with Crippen molar-refractivity contribution < 1.29 is 0 Å². The van der Waals surface area contributed by atoms with Gasteiger partial charge < -0.3 is 5.73 Å². The van der Waals surface area contributed by atoms with E-state index in [0.717, 1.165) is 17.0 Å². The van der Waals surface area contributed by atoms with E-state index in [1.165, 1.54) is 10.4 Å². The van der Waals surface area contributed by atoms with Crippen LogP contribution in [-0.2, 0) is 6.42 Å². The van der Waals surface area contributed by atoms with Crippen molar-refractivity contribution in [2.24, 2.45) is 5.73 Å². The molecule has 1 atom stereocenters. The average molecular weight is 252 g/mol. The molecule has 0 aliphatic rings. The molecule has 16 heavy (non-hydrogen) atoms. The molecule has 0 aliphatic heterocycles. The summed E-state index contributed by atoms with van der Waals surface area (Å²) in [4.78, 5) is 1.30. The summed E-state index contributed by atoms with van der Waals surface area (Å²) in [7, 11) is 0. The molecule has 0 fully saturated rings. The number of thiophene rings is 1. The van der Waals surface area contributed by atoms with Gasteiger partial charge in [0.1, 0.15) is 0 Å². The maximum Gasteiger partial charge on any atom is 0.0438 e. The third kappa shape index (κ3) is 2.64. The molecule has 2 rings (SSSR count). The normalized spacial score (nSPS) is 12.7. The number of rotatable bonds is 3. The standard InChI is InChI=1S/C13H14ClNS/c1-9-6-11(8-16-9)13(15)7-10-4-2-3-5-12(10)14/h2-6,8,13H,7,15H2,1H3. The number of nitrogens with two attached hydrogens (primary N) is 1. The molecule has 1 aromatic heterocycles. The summed E-state index contributed by atoms with van der Waals surface area (Å²) in [5, 5.41) is 2.92. The molecule has 0 bridgehead atoms. The quantitative estimate of drug-likeness (QED) is 0.878. The second-order valence-electron chi connectivity index (χ2n) is 3.89. The Balaban J connectivity index is 2.13. The van der Waals surface area contributed by atoms with Crippen LogP contribution < -0.4 is 5.73 Å². The van der Waals surface area contributed by atoms with Gasteiger partial charge >= 0.3 is 0 Å². The van der Waals surface area contributed by atoms with Gasteiger partial charge in [-0.1, -0.05) is 29.8 Å². The second-order valence-corrected chi connectivity index (χ2v) is 5.42. The van der Waals surface area contributed by atoms with E-state index >= 15 is 0 Å². The Morgan fingerprint density at radius 2 is 2.12 bits per heavy atom. The first-order valence-electron chi connectivity index (χ1n) is 5.21. The molecule has 0 spiro atoms. The lowest BCUT2D eigenvalue weighted by molar-refractivity contribution is 0.725. The Morgan fingerprint density at radius 3 is 2.75 bits per heavy atom. The zero-order valence-corrected chi connectivity index (χ0v) is 10.7. The minimum Gasteiger partial charge on any atom is -0.324 e. The Bertz CT molecular complexity index is 478. The highest BCUT2D eigenvalue weighted by atomic mass is 35.5. The van der Waals surface area contributed by atoms with Gasteiger partial charge in [-0.05, 0) is 42.0 Å². The van der Waals surface area contributed by atoms with Crippen LogP contribution in [0.4, 0.5) is 0 Å². The van der Waals surface area contributed by atoms with E-state index in [0.29, 0.717) is 0 Å². The van der Waals surface area contributed by atoms with Gasteiger partial charge in [-0.3, -0.25) is 0 Å². The zero-order chi connectivity index (χ0) is 11.5. The number of hydrogen-bond donors (Lipinski definition) is 1. The molecule has 1 heterocycles. The summed E-state index contributed by atoms with van der Waals surface area (Å²) in [6, 6.07) is 10.0. The van der Waals surface area contributed by atoms with E-state index in [4.69, 9.17) is 17.3 Å². The van der Waals surface area contributed by atoms with Crippen LogP contribution in [0.1, 0.15) is 22.0 Å². The maximum absolute atomic E-state index is 6.16. The summed E-state index contributed by atoms with van der Waals surface area (Å²) in [5.74, 6) is 0. The molecule has 1 nitrogen and oxygen atoms in total. The summed E-state index contributed by atoms with van der Waals surface area (Å²) < 4.78 is 0. The molecule has 0 saturated carbocycles. The highest BCUT2D eigenvalue weighted by molar-refractivity contribution is 7.10. The van der Waals surface area contributed by atoms with Gasteiger partial charge in [-0.15, -0.1) is 11.3 Å². The molecule has 0 aliphatic carbocycles. The van der Waals surface area contributed by atoms with Gasteiger partial charge in [-0.2, -0.15) is 0 Å². The van der Waals surface area contributed by atoms with E-state index in [9.17, 15) is 0 Å². The minimum absolute atomic E-state index is 0.0323. The van der Waals surface area contributed by atoms with Crippen molar-refractivity contribution in [1.82, 2.24) is 0 Å². The molecule has 0 radical (unpaired) electrons. The lowest BCUT2D eigenvalue weighted by Crippen LogP contribution is -2.12. The first kappa shape index (κ1) is 11.6. The van der Waals surface area contributed by atoms with Crippen molar-refractivity contribution in [3.8, 4) is 0 Å². The van der Waals surface area contributed by atoms with Gasteiger partial charge in [-0.25, -0.2) is 0 Å². The first-order chi connectivity index (χ1) is 7.66. The monoisotopic (exact) mass is 251 g/mol. The summed E-state index contributed by atoms with van der Waals surface area (Å²) in [6.07, 6.45) is 0.788.